The average Bonchev–Trinajstić information content (AvgIpc) is 3.42. The normalized spacial score (nSPS) is 12.7. The van der Waals surface area contributed by atoms with Crippen molar-refractivity contribution in [2.75, 3.05) is 10.2 Å². The van der Waals surface area contributed by atoms with E-state index in [4.69, 9.17) is 0 Å². The lowest BCUT2D eigenvalue weighted by Crippen LogP contribution is -2.30. The molecular weight excluding hydrogens is 454 g/mol. The molecule has 5 aromatic rings. The van der Waals surface area contributed by atoms with Crippen molar-refractivity contribution >= 4 is 44.6 Å². The van der Waals surface area contributed by atoms with Gasteiger partial charge >= 0.3 is 0 Å². The molecule has 0 saturated heterocycles. The molecule has 2 amide bonds. The van der Waals surface area contributed by atoms with Crippen molar-refractivity contribution in [1.29, 1.82) is 0 Å². The average molecular weight is 478 g/mol. The molecule has 3 aromatic carbocycles. The summed E-state index contributed by atoms with van der Waals surface area (Å²) in [6.45, 7) is 3.22. The van der Waals surface area contributed by atoms with E-state index in [0.29, 0.717) is 22.7 Å². The van der Waals surface area contributed by atoms with Crippen LogP contribution in [0, 0.1) is 6.92 Å². The van der Waals surface area contributed by atoms with Gasteiger partial charge in [0.15, 0.2) is 0 Å². The molecule has 5 nitrogen and oxygen atoms in total. The predicted molar refractivity (Wildman–Crippen MR) is 141 cm³/mol. The fourth-order valence-electron chi connectivity index (χ4n) is 4.70. The lowest BCUT2D eigenvalue weighted by Gasteiger charge is -2.23. The lowest BCUT2D eigenvalue weighted by molar-refractivity contribution is 0.0984. The maximum Gasteiger partial charge on any atom is 0.266 e. The molecule has 6 heteroatoms. The molecule has 1 aliphatic rings. The van der Waals surface area contributed by atoms with Gasteiger partial charge in [-0.25, -0.2) is 0 Å². The first-order chi connectivity index (χ1) is 17.1. The van der Waals surface area contributed by atoms with Crippen LogP contribution in [0.15, 0.2) is 91.1 Å². The van der Waals surface area contributed by atoms with Crippen LogP contribution in [0.1, 0.15) is 36.9 Å². The van der Waals surface area contributed by atoms with Gasteiger partial charge in [-0.15, -0.1) is 11.3 Å². The number of amides is 2. The Balaban J connectivity index is 1.25. The Hall–Kier alpha value is -4.16. The fraction of sp³-hybridized carbons (Fsp3) is 0.103. The van der Waals surface area contributed by atoms with E-state index in [-0.39, 0.29) is 11.8 Å². The number of para-hydroxylation sites is 1. The number of carbonyl (C=O) groups excluding carboxylic acids is 2. The minimum Gasteiger partial charge on any atom is -0.345 e. The van der Waals surface area contributed by atoms with Crippen LogP contribution in [-0.4, -0.2) is 16.4 Å². The van der Waals surface area contributed by atoms with Gasteiger partial charge in [0.2, 0.25) is 0 Å². The van der Waals surface area contributed by atoms with Gasteiger partial charge in [0.05, 0.1) is 11.4 Å². The summed E-state index contributed by atoms with van der Waals surface area (Å²) in [5, 5.41) is 4.09. The van der Waals surface area contributed by atoms with E-state index in [0.717, 1.165) is 39.1 Å². The highest BCUT2D eigenvalue weighted by molar-refractivity contribution is 7.21. The van der Waals surface area contributed by atoms with Gasteiger partial charge in [-0.1, -0.05) is 36.4 Å². The molecule has 0 fully saturated rings. The monoisotopic (exact) mass is 477 g/mol. The molecule has 1 N–H and O–H groups in total. The number of nitrogens with one attached hydrogen (secondary N) is 1. The standard InChI is InChI=1S/C29H23N3O2S/c1-19-24-9-3-5-11-26(24)35-27(19)28(33)30-22-14-12-20(13-15-22)29(34)32-18-23-8-6-16-31(23)17-21-7-2-4-10-25(21)32/h2-16H,17-18H2,1H3,(H,30,33). The second-order valence-electron chi connectivity index (χ2n) is 8.73. The van der Waals surface area contributed by atoms with Crippen LogP contribution in [0.3, 0.4) is 0 Å². The zero-order valence-corrected chi connectivity index (χ0v) is 20.0. The van der Waals surface area contributed by atoms with Crippen LogP contribution < -0.4 is 10.2 Å². The number of thiophene rings is 1. The van der Waals surface area contributed by atoms with Crippen molar-refractivity contribution < 1.29 is 9.59 Å². The van der Waals surface area contributed by atoms with Gasteiger partial charge in [0.1, 0.15) is 0 Å². The molecular formula is C29H23N3O2S. The molecule has 172 valence electrons. The first-order valence-corrected chi connectivity index (χ1v) is 12.3. The Labute approximate surface area is 207 Å². The number of fused-ring (bicyclic) bond motifs is 3. The second-order valence-corrected chi connectivity index (χ2v) is 9.78. The van der Waals surface area contributed by atoms with Gasteiger partial charge in [-0.3, -0.25) is 9.59 Å². The van der Waals surface area contributed by atoms with E-state index >= 15 is 0 Å². The number of aryl methyl sites for hydroxylation is 1. The van der Waals surface area contributed by atoms with Crippen LogP contribution in [0.4, 0.5) is 11.4 Å². The van der Waals surface area contributed by atoms with Crippen LogP contribution in [0.2, 0.25) is 0 Å². The second kappa shape index (κ2) is 8.56. The van der Waals surface area contributed by atoms with Crippen LogP contribution >= 0.6 is 11.3 Å². The third-order valence-corrected chi connectivity index (χ3v) is 7.82. The summed E-state index contributed by atoms with van der Waals surface area (Å²) >= 11 is 1.49. The van der Waals surface area contributed by atoms with E-state index in [1.54, 1.807) is 24.3 Å². The topological polar surface area (TPSA) is 54.3 Å². The largest absolute Gasteiger partial charge is 0.345 e. The first kappa shape index (κ1) is 21.4. The summed E-state index contributed by atoms with van der Waals surface area (Å²) < 4.78 is 3.28. The van der Waals surface area contributed by atoms with Crippen molar-refractivity contribution in [3.63, 3.8) is 0 Å². The number of hydrogen-bond acceptors (Lipinski definition) is 3. The summed E-state index contributed by atoms with van der Waals surface area (Å²) in [6, 6.07) is 27.3. The Kier molecular flexibility index (Phi) is 5.23. The number of nitrogens with zero attached hydrogens (tertiary/aromatic N) is 2. The lowest BCUT2D eigenvalue weighted by atomic mass is 10.1. The number of carbonyl (C=O) groups is 2. The Morgan fingerprint density at radius 2 is 1.63 bits per heavy atom. The van der Waals surface area contributed by atoms with E-state index in [1.165, 1.54) is 11.3 Å². The van der Waals surface area contributed by atoms with E-state index in [9.17, 15) is 9.59 Å². The highest BCUT2D eigenvalue weighted by atomic mass is 32.1. The van der Waals surface area contributed by atoms with Crippen LogP contribution in [-0.2, 0) is 13.1 Å². The Morgan fingerprint density at radius 1 is 0.857 bits per heavy atom. The Bertz CT molecular complexity index is 1580. The van der Waals surface area contributed by atoms with Gasteiger partial charge in [-0.05, 0) is 72.0 Å². The summed E-state index contributed by atoms with van der Waals surface area (Å²) in [5.41, 5.74) is 5.36. The number of anilines is 2. The zero-order valence-electron chi connectivity index (χ0n) is 19.2. The number of rotatable bonds is 3. The van der Waals surface area contributed by atoms with Crippen LogP contribution in [0.25, 0.3) is 10.1 Å². The third kappa shape index (κ3) is 3.82. The van der Waals surface area contributed by atoms with Gasteiger partial charge in [0, 0.05) is 40.1 Å². The maximum absolute atomic E-state index is 13.6. The molecule has 0 spiro atoms. The zero-order chi connectivity index (χ0) is 23.9. The Morgan fingerprint density at radius 3 is 2.46 bits per heavy atom. The number of benzene rings is 3. The summed E-state index contributed by atoms with van der Waals surface area (Å²) in [7, 11) is 0. The maximum atomic E-state index is 13.6. The highest BCUT2D eigenvalue weighted by Crippen LogP contribution is 2.32. The molecule has 0 atom stereocenters. The molecule has 3 heterocycles. The molecule has 0 saturated carbocycles. The van der Waals surface area contributed by atoms with Crippen molar-refractivity contribution in [3.05, 3.63) is 118 Å². The number of aromatic nitrogens is 1. The van der Waals surface area contributed by atoms with Crippen LogP contribution in [0.5, 0.6) is 0 Å². The molecule has 2 aromatic heterocycles. The van der Waals surface area contributed by atoms with Crippen molar-refractivity contribution in [2.45, 2.75) is 20.0 Å². The van der Waals surface area contributed by atoms with Crippen molar-refractivity contribution in [3.8, 4) is 0 Å². The van der Waals surface area contributed by atoms with Crippen molar-refractivity contribution in [1.82, 2.24) is 4.57 Å². The molecule has 0 bridgehead atoms. The predicted octanol–water partition coefficient (Wildman–Crippen LogP) is 6.47. The molecule has 35 heavy (non-hydrogen) atoms. The molecule has 0 radical (unpaired) electrons. The SMILES string of the molecule is Cc1c(C(=O)Nc2ccc(C(=O)N3Cc4cccn4Cc4ccccc43)cc2)sc2ccccc12. The summed E-state index contributed by atoms with van der Waals surface area (Å²) in [5.74, 6) is -0.199. The first-order valence-electron chi connectivity index (χ1n) is 11.5. The van der Waals surface area contributed by atoms with Gasteiger partial charge < -0.3 is 14.8 Å². The molecule has 0 unspecified atom stereocenters. The minimum atomic E-state index is -0.134. The van der Waals surface area contributed by atoms with E-state index in [2.05, 4.69) is 28.2 Å². The molecule has 6 rings (SSSR count). The smallest absolute Gasteiger partial charge is 0.266 e. The quantitative estimate of drug-likeness (QED) is 0.324. The summed E-state index contributed by atoms with van der Waals surface area (Å²) in [4.78, 5) is 29.1. The third-order valence-electron chi connectivity index (χ3n) is 6.55. The summed E-state index contributed by atoms with van der Waals surface area (Å²) in [6.07, 6.45) is 2.05. The fourth-order valence-corrected chi connectivity index (χ4v) is 5.80. The number of hydrogen-bond donors (Lipinski definition) is 1. The molecule has 0 aliphatic carbocycles. The van der Waals surface area contributed by atoms with Crippen molar-refractivity contribution in [2.24, 2.45) is 0 Å². The van der Waals surface area contributed by atoms with Gasteiger partial charge in [0.25, 0.3) is 11.8 Å². The highest BCUT2D eigenvalue weighted by Gasteiger charge is 2.25. The molecule has 1 aliphatic heterocycles. The van der Waals surface area contributed by atoms with E-state index in [1.807, 2.05) is 60.4 Å². The minimum absolute atomic E-state index is 0.0645. The van der Waals surface area contributed by atoms with Gasteiger partial charge in [-0.2, -0.15) is 0 Å². The van der Waals surface area contributed by atoms with E-state index < -0.39 is 0 Å².